The van der Waals surface area contributed by atoms with Gasteiger partial charge in [0.2, 0.25) is 11.8 Å². The Kier molecular flexibility index (Phi) is 4.63. The molecule has 9 heteroatoms. The summed E-state index contributed by atoms with van der Waals surface area (Å²) in [6.07, 6.45) is 3.23. The molecule has 3 heterocycles. The fourth-order valence-electron chi connectivity index (χ4n) is 3.99. The maximum atomic E-state index is 12.7. The number of rotatable bonds is 3. The molecule has 0 atom stereocenters. The number of nitrogens with zero attached hydrogens (tertiary/aromatic N) is 3. The second kappa shape index (κ2) is 7.01. The van der Waals surface area contributed by atoms with Crippen molar-refractivity contribution in [3.63, 3.8) is 0 Å². The van der Waals surface area contributed by atoms with Crippen molar-refractivity contribution in [2.45, 2.75) is 44.1 Å². The topological polar surface area (TPSA) is 125 Å². The molecule has 1 aliphatic heterocycles. The van der Waals surface area contributed by atoms with Crippen LogP contribution in [0, 0.1) is 18.3 Å². The van der Waals surface area contributed by atoms with Crippen LogP contribution in [-0.4, -0.2) is 33.1 Å². The van der Waals surface area contributed by atoms with Gasteiger partial charge in [0.05, 0.1) is 21.8 Å². The fraction of sp³-hybridized carbons (Fsp3) is 0.350. The fourth-order valence-corrected chi connectivity index (χ4v) is 4.14. The second-order valence-corrected chi connectivity index (χ2v) is 7.68. The molecule has 0 radical (unpaired) electrons. The summed E-state index contributed by atoms with van der Waals surface area (Å²) >= 11 is 6.03. The van der Waals surface area contributed by atoms with Crippen molar-refractivity contribution >= 4 is 29.2 Å². The maximum Gasteiger partial charge on any atom is 0.354 e. The number of carboxylic acid groups (broad SMARTS) is 1. The van der Waals surface area contributed by atoms with Gasteiger partial charge in [-0.15, -0.1) is 0 Å². The predicted molar refractivity (Wildman–Crippen MR) is 103 cm³/mol. The van der Waals surface area contributed by atoms with Crippen molar-refractivity contribution in [1.29, 1.82) is 5.26 Å². The van der Waals surface area contributed by atoms with Gasteiger partial charge in [-0.3, -0.25) is 4.79 Å². The summed E-state index contributed by atoms with van der Waals surface area (Å²) in [4.78, 5) is 32.4. The molecule has 1 aliphatic carbocycles. The Balaban J connectivity index is 1.56. The number of pyridine rings is 2. The highest BCUT2D eigenvalue weighted by Gasteiger charge is 2.50. The highest BCUT2D eigenvalue weighted by atomic mass is 35.5. The zero-order chi connectivity index (χ0) is 20.8. The number of aromatic nitrogens is 2. The molecule has 2 aromatic rings. The summed E-state index contributed by atoms with van der Waals surface area (Å²) in [7, 11) is 0. The first-order chi connectivity index (χ1) is 13.9. The van der Waals surface area contributed by atoms with Crippen LogP contribution in [0.4, 0.5) is 5.69 Å². The predicted octanol–water partition coefficient (Wildman–Crippen LogP) is 3.22. The van der Waals surface area contributed by atoms with Crippen LogP contribution in [-0.2, 0) is 10.2 Å². The van der Waals surface area contributed by atoms with Gasteiger partial charge in [0, 0.05) is 6.20 Å². The van der Waals surface area contributed by atoms with E-state index in [2.05, 4.69) is 21.4 Å². The third-order valence-corrected chi connectivity index (χ3v) is 6.05. The molecular weight excluding hydrogens is 396 g/mol. The number of hydrogen-bond acceptors (Lipinski definition) is 6. The molecule has 2 aliphatic rings. The molecule has 1 saturated carbocycles. The Morgan fingerprint density at radius 1 is 1.41 bits per heavy atom. The van der Waals surface area contributed by atoms with Crippen molar-refractivity contribution in [2.24, 2.45) is 0 Å². The van der Waals surface area contributed by atoms with Gasteiger partial charge >= 0.3 is 5.97 Å². The number of carbonyl (C=O) groups excluding carboxylic acids is 1. The van der Waals surface area contributed by atoms with Gasteiger partial charge in [-0.2, -0.15) is 5.26 Å². The van der Waals surface area contributed by atoms with Crippen LogP contribution in [0.1, 0.15) is 53.0 Å². The van der Waals surface area contributed by atoms with E-state index in [4.69, 9.17) is 16.3 Å². The molecule has 1 fully saturated rings. The van der Waals surface area contributed by atoms with Crippen molar-refractivity contribution < 1.29 is 19.4 Å². The molecule has 2 aromatic heterocycles. The summed E-state index contributed by atoms with van der Waals surface area (Å²) in [5.41, 5.74) is 1.01. The van der Waals surface area contributed by atoms with E-state index in [1.54, 1.807) is 13.0 Å². The zero-order valence-electron chi connectivity index (χ0n) is 15.5. The minimum atomic E-state index is -1.13. The molecule has 1 amide bonds. The number of carbonyl (C=O) groups is 2. The SMILES string of the molecule is Cc1c(Cl)cnc(O[C@H]2CC[C@]3(CC2)C(=O)Nc2ccc(C(=O)O)nc23)c1C#N. The number of fused-ring (bicyclic) bond motifs is 2. The van der Waals surface area contributed by atoms with Gasteiger partial charge in [0.15, 0.2) is 0 Å². The first kappa shape index (κ1) is 19.2. The maximum absolute atomic E-state index is 12.7. The summed E-state index contributed by atoms with van der Waals surface area (Å²) in [6, 6.07) is 5.04. The molecule has 0 aromatic carbocycles. The van der Waals surface area contributed by atoms with Gasteiger partial charge in [0.1, 0.15) is 23.4 Å². The molecular formula is C20H17ClN4O4. The average Bonchev–Trinajstić information content (AvgIpc) is 2.97. The van der Waals surface area contributed by atoms with E-state index in [-0.39, 0.29) is 23.6 Å². The number of halogens is 1. The Bertz CT molecular complexity index is 1070. The average molecular weight is 413 g/mol. The monoisotopic (exact) mass is 412 g/mol. The van der Waals surface area contributed by atoms with Crippen LogP contribution >= 0.6 is 11.6 Å². The van der Waals surface area contributed by atoms with E-state index in [1.807, 2.05) is 0 Å². The lowest BCUT2D eigenvalue weighted by Crippen LogP contribution is -2.41. The van der Waals surface area contributed by atoms with E-state index >= 15 is 0 Å². The van der Waals surface area contributed by atoms with Crippen LogP contribution in [0.5, 0.6) is 5.88 Å². The molecule has 0 bridgehead atoms. The number of nitrogens with one attached hydrogen (secondary N) is 1. The normalized spacial score (nSPS) is 22.7. The summed E-state index contributed by atoms with van der Waals surface area (Å²) in [5, 5.41) is 21.8. The third kappa shape index (κ3) is 3.08. The van der Waals surface area contributed by atoms with Crippen LogP contribution in [0.2, 0.25) is 5.02 Å². The van der Waals surface area contributed by atoms with Crippen LogP contribution in [0.25, 0.3) is 0 Å². The van der Waals surface area contributed by atoms with Crippen molar-refractivity contribution in [2.75, 3.05) is 5.32 Å². The highest BCUT2D eigenvalue weighted by molar-refractivity contribution is 6.31. The zero-order valence-corrected chi connectivity index (χ0v) is 16.3. The Labute approximate surface area is 171 Å². The molecule has 1 spiro atoms. The van der Waals surface area contributed by atoms with E-state index in [0.29, 0.717) is 53.2 Å². The minimum Gasteiger partial charge on any atom is -0.477 e. The number of hydrogen-bond donors (Lipinski definition) is 2. The summed E-state index contributed by atoms with van der Waals surface area (Å²) in [5.74, 6) is -1.07. The first-order valence-electron chi connectivity index (χ1n) is 9.14. The van der Waals surface area contributed by atoms with Gasteiger partial charge < -0.3 is 15.2 Å². The van der Waals surface area contributed by atoms with Crippen LogP contribution < -0.4 is 10.1 Å². The number of nitriles is 1. The summed E-state index contributed by atoms with van der Waals surface area (Å²) in [6.45, 7) is 1.73. The molecule has 0 saturated heterocycles. The lowest BCUT2D eigenvalue weighted by atomic mass is 9.71. The Morgan fingerprint density at radius 2 is 2.14 bits per heavy atom. The third-order valence-electron chi connectivity index (χ3n) is 5.67. The van der Waals surface area contributed by atoms with Gasteiger partial charge in [-0.05, 0) is 50.3 Å². The second-order valence-electron chi connectivity index (χ2n) is 7.27. The van der Waals surface area contributed by atoms with E-state index < -0.39 is 11.4 Å². The van der Waals surface area contributed by atoms with Crippen molar-refractivity contribution in [3.8, 4) is 11.9 Å². The van der Waals surface area contributed by atoms with Crippen molar-refractivity contribution in [3.05, 3.63) is 45.9 Å². The Morgan fingerprint density at radius 3 is 2.79 bits per heavy atom. The molecule has 4 rings (SSSR count). The standard InChI is InChI=1S/C20H17ClN4O4/c1-10-12(8-22)17(23-9-13(10)21)29-11-4-6-20(7-5-11)16-14(25-19(20)28)2-3-15(24-16)18(26)27/h2-3,9,11H,4-7H2,1H3,(H,25,28)(H,26,27)/t11-,20+. The van der Waals surface area contributed by atoms with Crippen molar-refractivity contribution in [1.82, 2.24) is 9.97 Å². The van der Waals surface area contributed by atoms with Crippen LogP contribution in [0.15, 0.2) is 18.3 Å². The van der Waals surface area contributed by atoms with Gasteiger partial charge in [-0.1, -0.05) is 11.6 Å². The number of carboxylic acids is 1. The quantitative estimate of drug-likeness (QED) is 0.792. The number of anilines is 1. The number of aromatic carboxylic acids is 1. The largest absolute Gasteiger partial charge is 0.477 e. The van der Waals surface area contributed by atoms with E-state index in [9.17, 15) is 20.0 Å². The number of amides is 1. The highest BCUT2D eigenvalue weighted by Crippen LogP contribution is 2.47. The molecule has 148 valence electrons. The molecule has 8 nitrogen and oxygen atoms in total. The van der Waals surface area contributed by atoms with E-state index in [1.165, 1.54) is 12.3 Å². The first-order valence-corrected chi connectivity index (χ1v) is 9.51. The number of ether oxygens (including phenoxy) is 1. The minimum absolute atomic E-state index is 0.0856. The lowest BCUT2D eigenvalue weighted by Gasteiger charge is -2.35. The van der Waals surface area contributed by atoms with Crippen LogP contribution in [0.3, 0.4) is 0 Å². The van der Waals surface area contributed by atoms with Gasteiger partial charge in [0.25, 0.3) is 0 Å². The van der Waals surface area contributed by atoms with E-state index in [0.717, 1.165) is 0 Å². The Hall–Kier alpha value is -3.18. The lowest BCUT2D eigenvalue weighted by molar-refractivity contribution is -0.122. The molecule has 29 heavy (non-hydrogen) atoms. The summed E-state index contributed by atoms with van der Waals surface area (Å²) < 4.78 is 5.96. The smallest absolute Gasteiger partial charge is 0.354 e. The molecule has 0 unspecified atom stereocenters. The van der Waals surface area contributed by atoms with Gasteiger partial charge in [-0.25, -0.2) is 14.8 Å². The molecule has 2 N–H and O–H groups in total.